The SMILES string of the molecule is N#C/C(=C\c1cc(I)c(OCc2ccc3ccccc3c2)c(I)c1)C(=O)Nc1ccccc1Cl. The number of ether oxygens (including phenoxy) is 1. The van der Waals surface area contributed by atoms with Gasteiger partial charge >= 0.3 is 0 Å². The van der Waals surface area contributed by atoms with E-state index in [1.807, 2.05) is 30.3 Å². The maximum atomic E-state index is 12.6. The zero-order valence-electron chi connectivity index (χ0n) is 17.7. The summed E-state index contributed by atoms with van der Waals surface area (Å²) in [7, 11) is 0. The second-order valence-electron chi connectivity index (χ2n) is 7.39. The van der Waals surface area contributed by atoms with E-state index in [0.29, 0.717) is 17.3 Å². The van der Waals surface area contributed by atoms with Crippen molar-refractivity contribution in [1.82, 2.24) is 0 Å². The average molecular weight is 691 g/mol. The summed E-state index contributed by atoms with van der Waals surface area (Å²) in [6, 6.07) is 27.1. The molecule has 0 spiro atoms. The fraction of sp³-hybridized carbons (Fsp3) is 0.0370. The Morgan fingerprint density at radius 1 is 0.971 bits per heavy atom. The molecule has 4 nitrogen and oxygen atoms in total. The first-order valence-electron chi connectivity index (χ1n) is 10.2. The van der Waals surface area contributed by atoms with Crippen LogP contribution in [0.5, 0.6) is 5.75 Å². The number of fused-ring (bicyclic) bond motifs is 1. The number of anilines is 1. The molecule has 0 aliphatic carbocycles. The molecule has 0 fully saturated rings. The van der Waals surface area contributed by atoms with Crippen molar-refractivity contribution in [2.24, 2.45) is 0 Å². The van der Waals surface area contributed by atoms with Crippen molar-refractivity contribution in [3.8, 4) is 11.8 Å². The molecule has 7 heteroatoms. The lowest BCUT2D eigenvalue weighted by Crippen LogP contribution is -2.13. The van der Waals surface area contributed by atoms with Crippen LogP contribution in [0.15, 0.2) is 84.4 Å². The van der Waals surface area contributed by atoms with Crippen molar-refractivity contribution in [2.45, 2.75) is 6.61 Å². The Bertz CT molecular complexity index is 1440. The first-order valence-corrected chi connectivity index (χ1v) is 12.8. The molecule has 0 aliphatic heterocycles. The molecule has 0 saturated carbocycles. The van der Waals surface area contributed by atoms with Gasteiger partial charge in [0.05, 0.1) is 17.9 Å². The molecule has 0 aliphatic rings. The van der Waals surface area contributed by atoms with Gasteiger partial charge in [-0.3, -0.25) is 4.79 Å². The molecule has 0 radical (unpaired) electrons. The third-order valence-corrected chi connectivity index (χ3v) is 6.95. The Labute approximate surface area is 229 Å². The number of benzene rings is 4. The second-order valence-corrected chi connectivity index (χ2v) is 10.1. The van der Waals surface area contributed by atoms with Gasteiger partial charge in [-0.1, -0.05) is 60.1 Å². The van der Waals surface area contributed by atoms with Gasteiger partial charge in [0.1, 0.15) is 24.0 Å². The van der Waals surface area contributed by atoms with Crippen LogP contribution in [-0.2, 0) is 11.4 Å². The molecule has 1 amide bonds. The van der Waals surface area contributed by atoms with Crippen LogP contribution in [0.4, 0.5) is 5.69 Å². The van der Waals surface area contributed by atoms with Gasteiger partial charge in [0.25, 0.3) is 5.91 Å². The van der Waals surface area contributed by atoms with Crippen molar-refractivity contribution >= 4 is 85.2 Å². The number of carbonyl (C=O) groups excluding carboxylic acids is 1. The zero-order chi connectivity index (χ0) is 24.1. The van der Waals surface area contributed by atoms with E-state index in [1.54, 1.807) is 30.3 Å². The number of amides is 1. The van der Waals surface area contributed by atoms with Crippen molar-refractivity contribution in [3.05, 3.63) is 108 Å². The largest absolute Gasteiger partial charge is 0.487 e. The van der Waals surface area contributed by atoms with Gasteiger partial charge in [-0.15, -0.1) is 0 Å². The summed E-state index contributed by atoms with van der Waals surface area (Å²) in [5.74, 6) is 0.253. The molecule has 4 aromatic carbocycles. The van der Waals surface area contributed by atoms with E-state index in [4.69, 9.17) is 16.3 Å². The lowest BCUT2D eigenvalue weighted by atomic mass is 10.1. The first kappa shape index (κ1) is 24.5. The highest BCUT2D eigenvalue weighted by atomic mass is 127. The number of nitrogens with zero attached hydrogens (tertiary/aromatic N) is 1. The van der Waals surface area contributed by atoms with Crippen molar-refractivity contribution in [3.63, 3.8) is 0 Å². The third kappa shape index (κ3) is 5.90. The minimum absolute atomic E-state index is 0.0173. The van der Waals surface area contributed by atoms with Crippen LogP contribution >= 0.6 is 56.8 Å². The van der Waals surface area contributed by atoms with Gasteiger partial charge in [0.2, 0.25) is 0 Å². The Kier molecular flexibility index (Phi) is 8.08. The van der Waals surface area contributed by atoms with Gasteiger partial charge in [0.15, 0.2) is 0 Å². The van der Waals surface area contributed by atoms with E-state index >= 15 is 0 Å². The van der Waals surface area contributed by atoms with Crippen LogP contribution in [-0.4, -0.2) is 5.91 Å². The standard InChI is InChI=1S/C27H17ClI2N2O2/c28-22-7-3-4-8-25(22)32-27(33)21(15-31)12-18-13-23(29)26(24(30)14-18)34-16-17-9-10-19-5-1-2-6-20(19)11-17/h1-14H,16H2,(H,32,33)/b21-12+. The summed E-state index contributed by atoms with van der Waals surface area (Å²) in [5, 5.41) is 15.0. The number of rotatable bonds is 6. The summed E-state index contributed by atoms with van der Waals surface area (Å²) in [4.78, 5) is 12.6. The number of nitrogens with one attached hydrogen (secondary N) is 1. The smallest absolute Gasteiger partial charge is 0.266 e. The molecule has 0 heterocycles. The van der Waals surface area contributed by atoms with Crippen LogP contribution in [0.25, 0.3) is 16.8 Å². The molecule has 1 N–H and O–H groups in total. The summed E-state index contributed by atoms with van der Waals surface area (Å²) in [5.41, 5.74) is 2.25. The van der Waals surface area contributed by atoms with Crippen molar-refractivity contribution in [2.75, 3.05) is 5.32 Å². The fourth-order valence-corrected chi connectivity index (χ4v) is 5.66. The molecular formula is C27H17ClI2N2O2. The minimum atomic E-state index is -0.516. The maximum Gasteiger partial charge on any atom is 0.266 e. The molecule has 168 valence electrons. The zero-order valence-corrected chi connectivity index (χ0v) is 22.8. The predicted molar refractivity (Wildman–Crippen MR) is 154 cm³/mol. The van der Waals surface area contributed by atoms with Gasteiger partial charge in [-0.05, 0) is 103 Å². The Morgan fingerprint density at radius 2 is 1.65 bits per heavy atom. The van der Waals surface area contributed by atoms with Crippen LogP contribution in [0.3, 0.4) is 0 Å². The minimum Gasteiger partial charge on any atom is -0.487 e. The Hall–Kier alpha value is -2.61. The van der Waals surface area contributed by atoms with Crippen LogP contribution in [0.2, 0.25) is 5.02 Å². The van der Waals surface area contributed by atoms with Gasteiger partial charge in [-0.2, -0.15) is 5.26 Å². The molecule has 0 bridgehead atoms. The Morgan fingerprint density at radius 3 is 2.35 bits per heavy atom. The van der Waals surface area contributed by atoms with E-state index in [9.17, 15) is 10.1 Å². The normalized spacial score (nSPS) is 11.2. The summed E-state index contributed by atoms with van der Waals surface area (Å²) in [6.45, 7) is 0.440. The summed E-state index contributed by atoms with van der Waals surface area (Å²) >= 11 is 10.5. The molecule has 0 saturated heterocycles. The lowest BCUT2D eigenvalue weighted by molar-refractivity contribution is -0.112. The quantitative estimate of drug-likeness (QED) is 0.128. The fourth-order valence-electron chi connectivity index (χ4n) is 3.35. The summed E-state index contributed by atoms with van der Waals surface area (Å²) < 4.78 is 7.91. The van der Waals surface area contributed by atoms with E-state index in [1.165, 1.54) is 10.8 Å². The van der Waals surface area contributed by atoms with E-state index in [0.717, 1.165) is 24.0 Å². The number of hydrogen-bond acceptors (Lipinski definition) is 3. The van der Waals surface area contributed by atoms with Crippen LogP contribution in [0.1, 0.15) is 11.1 Å². The predicted octanol–water partition coefficient (Wildman–Crippen LogP) is 7.83. The monoisotopic (exact) mass is 690 g/mol. The number of nitriles is 1. The number of carbonyl (C=O) groups is 1. The maximum absolute atomic E-state index is 12.6. The Balaban J connectivity index is 1.51. The van der Waals surface area contributed by atoms with Crippen molar-refractivity contribution in [1.29, 1.82) is 5.26 Å². The lowest BCUT2D eigenvalue weighted by Gasteiger charge is -2.12. The van der Waals surface area contributed by atoms with Gasteiger partial charge < -0.3 is 10.1 Å². The van der Waals surface area contributed by atoms with E-state index in [2.05, 4.69) is 80.8 Å². The average Bonchev–Trinajstić information content (AvgIpc) is 2.83. The third-order valence-electron chi connectivity index (χ3n) is 5.02. The molecular weight excluding hydrogens is 674 g/mol. The van der Waals surface area contributed by atoms with Crippen LogP contribution in [0, 0.1) is 18.5 Å². The molecule has 4 aromatic rings. The van der Waals surface area contributed by atoms with Crippen LogP contribution < -0.4 is 10.1 Å². The molecule has 0 aromatic heterocycles. The highest BCUT2D eigenvalue weighted by Gasteiger charge is 2.14. The highest BCUT2D eigenvalue weighted by molar-refractivity contribution is 14.1. The van der Waals surface area contributed by atoms with E-state index < -0.39 is 5.91 Å². The summed E-state index contributed by atoms with van der Waals surface area (Å²) in [6.07, 6.45) is 1.56. The van der Waals surface area contributed by atoms with E-state index in [-0.39, 0.29) is 5.57 Å². The number of halogens is 3. The first-order chi connectivity index (χ1) is 16.4. The molecule has 34 heavy (non-hydrogen) atoms. The molecule has 0 unspecified atom stereocenters. The van der Waals surface area contributed by atoms with Crippen molar-refractivity contribution < 1.29 is 9.53 Å². The number of para-hydroxylation sites is 1. The topological polar surface area (TPSA) is 62.1 Å². The van der Waals surface area contributed by atoms with Gasteiger partial charge in [-0.25, -0.2) is 0 Å². The van der Waals surface area contributed by atoms with Gasteiger partial charge in [0, 0.05) is 0 Å². The molecule has 4 rings (SSSR count). The second kappa shape index (κ2) is 11.2. The molecule has 0 atom stereocenters. The highest BCUT2D eigenvalue weighted by Crippen LogP contribution is 2.31. The number of hydrogen-bond donors (Lipinski definition) is 1.